The van der Waals surface area contributed by atoms with Crippen LogP contribution in [-0.2, 0) is 21.3 Å². The first-order chi connectivity index (χ1) is 4.81. The molecule has 0 aliphatic rings. The van der Waals surface area contributed by atoms with Crippen LogP contribution in [0.2, 0.25) is 0 Å². The third-order valence-corrected chi connectivity index (χ3v) is 2.98. The molecule has 0 aliphatic carbocycles. The molecule has 0 aromatic heterocycles. The van der Waals surface area contributed by atoms with Crippen LogP contribution >= 0.6 is 0 Å². The molecule has 0 bridgehead atoms. The van der Waals surface area contributed by atoms with Crippen molar-refractivity contribution in [3.05, 3.63) is 0 Å². The molecule has 0 atom stereocenters. The van der Waals surface area contributed by atoms with Crippen molar-refractivity contribution in [2.45, 2.75) is 39.5 Å². The Balaban J connectivity index is 3.00. The molecule has 0 aromatic carbocycles. The third kappa shape index (κ3) is 6.82. The molecule has 0 heterocycles. The van der Waals surface area contributed by atoms with Gasteiger partial charge in [0.2, 0.25) is 0 Å². The van der Waals surface area contributed by atoms with Gasteiger partial charge in [0.05, 0.1) is 0 Å². The second-order valence-electron chi connectivity index (χ2n) is 2.66. The van der Waals surface area contributed by atoms with E-state index in [9.17, 15) is 0 Å². The Kier molecular flexibility index (Phi) is 8.35. The van der Waals surface area contributed by atoms with Crippen LogP contribution in [0, 0.1) is 0 Å². The van der Waals surface area contributed by atoms with Gasteiger partial charge in [-0.05, 0) is 0 Å². The van der Waals surface area contributed by atoms with E-state index in [4.69, 9.17) is 0 Å². The van der Waals surface area contributed by atoms with Crippen LogP contribution in [-0.4, -0.2) is 16.4 Å². The average Bonchev–Trinajstić information content (AvgIpc) is 1.97. The molecule has 0 aliphatic heterocycles. The zero-order chi connectivity index (χ0) is 7.82. The molecule has 60 valence electrons. The van der Waals surface area contributed by atoms with Crippen LogP contribution in [0.4, 0.5) is 0 Å². The van der Waals surface area contributed by atoms with Crippen LogP contribution in [0.3, 0.4) is 0 Å². The maximum atomic E-state index is 2.53. The van der Waals surface area contributed by atoms with Gasteiger partial charge in [0, 0.05) is 0 Å². The topological polar surface area (TPSA) is 3.24 Å². The van der Waals surface area contributed by atoms with Crippen molar-refractivity contribution < 1.29 is 21.3 Å². The van der Waals surface area contributed by atoms with E-state index in [1.807, 2.05) is 0 Å². The molecule has 0 radical (unpaired) electrons. The number of nitrogens with zero attached hydrogens (tertiary/aromatic N) is 1. The van der Waals surface area contributed by atoms with Gasteiger partial charge in [-0.1, -0.05) is 0 Å². The summed E-state index contributed by atoms with van der Waals surface area (Å²) in [5.41, 5.74) is 0. The van der Waals surface area contributed by atoms with E-state index < -0.39 is 0 Å². The monoisotopic (exact) mass is 309 g/mol. The van der Waals surface area contributed by atoms with Crippen molar-refractivity contribution in [1.82, 2.24) is 3.30 Å². The first kappa shape index (κ1) is 10.7. The molecule has 0 fully saturated rings. The van der Waals surface area contributed by atoms with Crippen molar-refractivity contribution in [2.24, 2.45) is 0 Å². The molecule has 0 aromatic rings. The first-order valence-corrected chi connectivity index (χ1v) is 5.68. The molecular formula is C8H18NTa. The maximum absolute atomic E-state index is 2.53. The summed E-state index contributed by atoms with van der Waals surface area (Å²) in [6.07, 6.45) is 5.42. The summed E-state index contributed by atoms with van der Waals surface area (Å²) in [6.45, 7) is 7.16. The van der Waals surface area contributed by atoms with Gasteiger partial charge in [-0.15, -0.1) is 0 Å². The fourth-order valence-corrected chi connectivity index (χ4v) is 1.81. The Morgan fingerprint density at radius 2 is 1.40 bits per heavy atom. The van der Waals surface area contributed by atoms with Gasteiger partial charge in [0.15, 0.2) is 0 Å². The number of unbranched alkanes of at least 4 members (excludes halogenated alkanes) is 2. The van der Waals surface area contributed by atoms with Crippen LogP contribution in [0.5, 0.6) is 0 Å². The molecule has 0 saturated carbocycles. The Labute approximate surface area is 77.4 Å². The fraction of sp³-hybridized carbons (Fsp3) is 1.00. The van der Waals surface area contributed by atoms with E-state index in [1.165, 1.54) is 60.1 Å². The van der Waals surface area contributed by atoms with Gasteiger partial charge < -0.3 is 0 Å². The molecule has 0 amide bonds. The standard InChI is InChI=1S/C8H18N.Ta/c1-3-5-7-9-8-6-4-2;/h3-8H2,1-2H3;/q-1;+1. The fourth-order valence-electron chi connectivity index (χ4n) is 0.793. The Hall–Kier alpha value is 0.700. The molecule has 1 nitrogen and oxygen atoms in total. The van der Waals surface area contributed by atoms with Gasteiger partial charge in [-0.3, -0.25) is 0 Å². The predicted octanol–water partition coefficient (Wildman–Crippen LogP) is 2.35. The average molecular weight is 309 g/mol. The summed E-state index contributed by atoms with van der Waals surface area (Å²) in [5.74, 6) is 0. The third-order valence-electron chi connectivity index (χ3n) is 1.54. The second-order valence-corrected chi connectivity index (χ2v) is 4.69. The van der Waals surface area contributed by atoms with Gasteiger partial charge in [-0.2, -0.15) is 0 Å². The van der Waals surface area contributed by atoms with E-state index in [1.54, 1.807) is 0 Å². The van der Waals surface area contributed by atoms with Crippen molar-refractivity contribution in [3.63, 3.8) is 0 Å². The zero-order valence-electron chi connectivity index (χ0n) is 7.14. The van der Waals surface area contributed by atoms with Crippen molar-refractivity contribution in [3.8, 4) is 0 Å². The predicted molar refractivity (Wildman–Crippen MR) is 41.4 cm³/mol. The summed E-state index contributed by atoms with van der Waals surface area (Å²) < 4.78 is 2.53. The van der Waals surface area contributed by atoms with Crippen LogP contribution < -0.4 is 0 Å². The second kappa shape index (κ2) is 7.80. The van der Waals surface area contributed by atoms with Crippen LogP contribution in [0.1, 0.15) is 39.5 Å². The summed E-state index contributed by atoms with van der Waals surface area (Å²) in [5, 5.41) is 0. The van der Waals surface area contributed by atoms with E-state index in [0.717, 1.165) is 0 Å². The van der Waals surface area contributed by atoms with E-state index in [0.29, 0.717) is 0 Å². The molecule has 0 saturated heterocycles. The molecular weight excluding hydrogens is 291 g/mol. The summed E-state index contributed by atoms with van der Waals surface area (Å²) >= 11 is 1.44. The number of hydrogen-bond donors (Lipinski definition) is 0. The Morgan fingerprint density at radius 1 is 1.00 bits per heavy atom. The zero-order valence-corrected chi connectivity index (χ0v) is 10.4. The van der Waals surface area contributed by atoms with Crippen LogP contribution in [0.25, 0.3) is 0 Å². The molecule has 10 heavy (non-hydrogen) atoms. The summed E-state index contributed by atoms with van der Waals surface area (Å²) in [7, 11) is 0. The van der Waals surface area contributed by atoms with E-state index in [2.05, 4.69) is 17.2 Å². The SMILES string of the molecule is CCCC[N]([Ta])CCCC. The number of rotatable bonds is 6. The van der Waals surface area contributed by atoms with Gasteiger partial charge in [0.1, 0.15) is 0 Å². The molecule has 2 heteroatoms. The summed E-state index contributed by atoms with van der Waals surface area (Å²) in [4.78, 5) is 0. The number of hydrogen-bond acceptors (Lipinski definition) is 1. The first-order valence-electron chi connectivity index (χ1n) is 4.25. The van der Waals surface area contributed by atoms with Crippen molar-refractivity contribution in [1.29, 1.82) is 0 Å². The van der Waals surface area contributed by atoms with Gasteiger partial charge >= 0.3 is 77.3 Å². The van der Waals surface area contributed by atoms with E-state index in [-0.39, 0.29) is 0 Å². The molecule has 0 N–H and O–H groups in total. The quantitative estimate of drug-likeness (QED) is 0.728. The summed E-state index contributed by atoms with van der Waals surface area (Å²) in [6, 6.07) is 0. The van der Waals surface area contributed by atoms with Crippen molar-refractivity contribution >= 4 is 0 Å². The minimum absolute atomic E-state index is 1.32. The molecule has 0 spiro atoms. The minimum atomic E-state index is 1.32. The van der Waals surface area contributed by atoms with Crippen LogP contribution in [0.15, 0.2) is 0 Å². The van der Waals surface area contributed by atoms with Crippen molar-refractivity contribution in [2.75, 3.05) is 13.1 Å². The Morgan fingerprint density at radius 3 is 1.70 bits per heavy atom. The Bertz CT molecular complexity index is 58.3. The van der Waals surface area contributed by atoms with Gasteiger partial charge in [0.25, 0.3) is 0 Å². The molecule has 0 rings (SSSR count). The van der Waals surface area contributed by atoms with E-state index >= 15 is 0 Å². The molecule has 0 unspecified atom stereocenters. The normalized spacial score (nSPS) is 10.7. The van der Waals surface area contributed by atoms with Gasteiger partial charge in [-0.25, -0.2) is 0 Å².